The van der Waals surface area contributed by atoms with E-state index in [1.807, 2.05) is 18.2 Å². The van der Waals surface area contributed by atoms with E-state index in [9.17, 15) is 8.78 Å². The van der Waals surface area contributed by atoms with E-state index in [0.717, 1.165) is 24.8 Å². The first kappa shape index (κ1) is 23.1. The van der Waals surface area contributed by atoms with Gasteiger partial charge in [0.25, 0.3) is 0 Å². The zero-order valence-corrected chi connectivity index (χ0v) is 19.1. The van der Waals surface area contributed by atoms with Crippen LogP contribution in [0.3, 0.4) is 0 Å². The Morgan fingerprint density at radius 3 is 2.35 bits per heavy atom. The molecule has 0 radical (unpaired) electrons. The van der Waals surface area contributed by atoms with Crippen molar-refractivity contribution in [1.82, 2.24) is 0 Å². The Hall–Kier alpha value is -2.63. The molecule has 3 aliphatic rings. The van der Waals surface area contributed by atoms with Gasteiger partial charge in [-0.1, -0.05) is 55.1 Å². The van der Waals surface area contributed by atoms with Crippen molar-refractivity contribution >= 4 is 6.08 Å². The van der Waals surface area contributed by atoms with Crippen molar-refractivity contribution in [3.05, 3.63) is 89.3 Å². The Morgan fingerprint density at radius 2 is 1.71 bits per heavy atom. The lowest BCUT2D eigenvalue weighted by Gasteiger charge is -2.29. The quantitative estimate of drug-likeness (QED) is 0.394. The normalized spacial score (nSPS) is 26.6. The molecule has 2 fully saturated rings. The lowest BCUT2D eigenvalue weighted by molar-refractivity contribution is 0.0377. The standard InChI is InChI=1S/C29H29F3O2/c1-2-18-3-5-19(6-4-18)24-13-14-25(29(32)28(24)31)20-9-11-23(12-10-20)33-16-22-8-7-21(15-26(22)30)27-17-34-27/h2-6,8,13-15,20-21,23,27H,1,7,9-12,16-17H2. The van der Waals surface area contributed by atoms with E-state index >= 15 is 4.39 Å². The van der Waals surface area contributed by atoms with Gasteiger partial charge in [0.15, 0.2) is 11.6 Å². The lowest BCUT2D eigenvalue weighted by atomic mass is 9.82. The van der Waals surface area contributed by atoms with Crippen molar-refractivity contribution < 1.29 is 22.6 Å². The molecule has 0 aromatic heterocycles. The second-order valence-corrected chi connectivity index (χ2v) is 9.46. The molecule has 2 atom stereocenters. The summed E-state index contributed by atoms with van der Waals surface area (Å²) in [4.78, 5) is 0. The van der Waals surface area contributed by atoms with Gasteiger partial charge in [-0.3, -0.25) is 0 Å². The largest absolute Gasteiger partial charge is 0.373 e. The van der Waals surface area contributed by atoms with Crippen LogP contribution in [0, 0.1) is 17.6 Å². The second-order valence-electron chi connectivity index (χ2n) is 9.46. The van der Waals surface area contributed by atoms with Crippen molar-refractivity contribution in [2.45, 2.75) is 50.2 Å². The fourth-order valence-corrected chi connectivity index (χ4v) is 5.08. The second kappa shape index (κ2) is 9.93. The molecule has 0 amide bonds. The van der Waals surface area contributed by atoms with E-state index in [1.165, 1.54) is 0 Å². The first-order valence-corrected chi connectivity index (χ1v) is 12.0. The molecule has 34 heavy (non-hydrogen) atoms. The minimum absolute atomic E-state index is 0.00462. The monoisotopic (exact) mass is 466 g/mol. The number of ether oxygens (including phenoxy) is 2. The number of hydrogen-bond donors (Lipinski definition) is 0. The highest BCUT2D eigenvalue weighted by molar-refractivity contribution is 5.66. The SMILES string of the molecule is C=Cc1ccc(-c2ccc(C3CCC(OCC4=CCC(C5CO5)C=C4F)CC3)c(F)c2F)cc1. The van der Waals surface area contributed by atoms with Crippen LogP contribution >= 0.6 is 0 Å². The topological polar surface area (TPSA) is 21.8 Å². The van der Waals surface area contributed by atoms with Gasteiger partial charge in [-0.2, -0.15) is 0 Å². The van der Waals surface area contributed by atoms with Gasteiger partial charge in [0.1, 0.15) is 5.83 Å². The van der Waals surface area contributed by atoms with Gasteiger partial charge < -0.3 is 9.47 Å². The predicted molar refractivity (Wildman–Crippen MR) is 128 cm³/mol. The minimum atomic E-state index is -0.802. The average Bonchev–Trinajstić information content (AvgIpc) is 3.71. The van der Waals surface area contributed by atoms with Crippen LogP contribution in [0.4, 0.5) is 13.2 Å². The maximum Gasteiger partial charge on any atom is 0.166 e. The third-order valence-electron chi connectivity index (χ3n) is 7.30. The molecule has 5 heteroatoms. The van der Waals surface area contributed by atoms with Crippen molar-refractivity contribution in [1.29, 1.82) is 0 Å². The minimum Gasteiger partial charge on any atom is -0.373 e. The van der Waals surface area contributed by atoms with Crippen molar-refractivity contribution in [3.8, 4) is 11.1 Å². The molecule has 1 aliphatic heterocycles. The van der Waals surface area contributed by atoms with Gasteiger partial charge >= 0.3 is 0 Å². The lowest BCUT2D eigenvalue weighted by Crippen LogP contribution is -2.23. The first-order valence-electron chi connectivity index (χ1n) is 12.0. The molecular weight excluding hydrogens is 437 g/mol. The number of halogens is 3. The van der Waals surface area contributed by atoms with Gasteiger partial charge in [-0.25, -0.2) is 13.2 Å². The molecular formula is C29H29F3O2. The number of rotatable bonds is 7. The summed E-state index contributed by atoms with van der Waals surface area (Å²) in [7, 11) is 0. The van der Waals surface area contributed by atoms with Crippen molar-refractivity contribution in [2.24, 2.45) is 5.92 Å². The average molecular weight is 467 g/mol. The Morgan fingerprint density at radius 1 is 0.971 bits per heavy atom. The molecule has 0 spiro atoms. The van der Waals surface area contributed by atoms with Crippen LogP contribution in [0.25, 0.3) is 17.2 Å². The van der Waals surface area contributed by atoms with Gasteiger partial charge in [0.2, 0.25) is 0 Å². The van der Waals surface area contributed by atoms with E-state index in [4.69, 9.17) is 9.47 Å². The summed E-state index contributed by atoms with van der Waals surface area (Å²) in [6.07, 6.45) is 9.15. The highest BCUT2D eigenvalue weighted by atomic mass is 19.2. The molecule has 1 saturated heterocycles. The number of allylic oxidation sites excluding steroid dienone is 1. The summed E-state index contributed by atoms with van der Waals surface area (Å²) in [5.41, 5.74) is 2.86. The van der Waals surface area contributed by atoms with Gasteiger partial charge in [0.05, 0.1) is 25.4 Å². The van der Waals surface area contributed by atoms with Crippen LogP contribution in [0.1, 0.15) is 49.1 Å². The molecule has 0 N–H and O–H groups in total. The van der Waals surface area contributed by atoms with Crippen LogP contribution in [0.15, 0.2) is 66.5 Å². The predicted octanol–water partition coefficient (Wildman–Crippen LogP) is 7.52. The number of hydrogen-bond acceptors (Lipinski definition) is 2. The summed E-state index contributed by atoms with van der Waals surface area (Å²) >= 11 is 0. The molecule has 0 bridgehead atoms. The molecule has 2 nitrogen and oxygen atoms in total. The van der Waals surface area contributed by atoms with Crippen LogP contribution in [-0.2, 0) is 9.47 Å². The van der Waals surface area contributed by atoms with Crippen LogP contribution in [-0.4, -0.2) is 25.4 Å². The fraction of sp³-hybridized carbons (Fsp3) is 0.379. The van der Waals surface area contributed by atoms with Gasteiger partial charge in [0, 0.05) is 17.1 Å². The third kappa shape index (κ3) is 4.91. The van der Waals surface area contributed by atoms with Gasteiger partial charge in [-0.15, -0.1) is 0 Å². The summed E-state index contributed by atoms with van der Waals surface area (Å²) in [5.74, 6) is -1.69. The smallest absolute Gasteiger partial charge is 0.166 e. The Bertz CT molecular complexity index is 1110. The highest BCUT2D eigenvalue weighted by Gasteiger charge is 2.33. The molecule has 2 aliphatic carbocycles. The summed E-state index contributed by atoms with van der Waals surface area (Å²) in [5, 5.41) is 0. The maximum absolute atomic E-state index is 15.0. The summed E-state index contributed by atoms with van der Waals surface area (Å²) in [6.45, 7) is 4.68. The van der Waals surface area contributed by atoms with Crippen LogP contribution in [0.5, 0.6) is 0 Å². The summed E-state index contributed by atoms with van der Waals surface area (Å²) < 4.78 is 55.6. The highest BCUT2D eigenvalue weighted by Crippen LogP contribution is 2.38. The number of benzene rings is 2. The van der Waals surface area contributed by atoms with Crippen molar-refractivity contribution in [2.75, 3.05) is 13.2 Å². The zero-order valence-electron chi connectivity index (χ0n) is 19.1. The van der Waals surface area contributed by atoms with E-state index in [1.54, 1.807) is 36.4 Å². The molecule has 2 aromatic rings. The molecule has 178 valence electrons. The Balaban J connectivity index is 1.17. The molecule has 1 saturated carbocycles. The third-order valence-corrected chi connectivity index (χ3v) is 7.30. The van der Waals surface area contributed by atoms with E-state index < -0.39 is 11.6 Å². The molecule has 2 unspecified atom stereocenters. The van der Waals surface area contributed by atoms with Crippen molar-refractivity contribution in [3.63, 3.8) is 0 Å². The number of epoxide rings is 1. The van der Waals surface area contributed by atoms with E-state index in [-0.39, 0.29) is 42.0 Å². The Labute approximate surface area is 198 Å². The molecule has 1 heterocycles. The fourth-order valence-electron chi connectivity index (χ4n) is 5.08. The van der Waals surface area contributed by atoms with E-state index in [0.29, 0.717) is 36.1 Å². The van der Waals surface area contributed by atoms with Crippen LogP contribution in [0.2, 0.25) is 0 Å². The van der Waals surface area contributed by atoms with E-state index in [2.05, 4.69) is 6.58 Å². The summed E-state index contributed by atoms with van der Waals surface area (Å²) in [6, 6.07) is 10.6. The molecule has 5 rings (SSSR count). The Kier molecular flexibility index (Phi) is 6.75. The molecule has 2 aromatic carbocycles. The van der Waals surface area contributed by atoms with Crippen LogP contribution < -0.4 is 0 Å². The van der Waals surface area contributed by atoms with Gasteiger partial charge in [-0.05, 0) is 60.8 Å². The first-order chi connectivity index (χ1) is 16.5. The zero-order chi connectivity index (χ0) is 23.7. The maximum atomic E-state index is 15.0.